The third-order valence-corrected chi connectivity index (χ3v) is 0.887. The summed E-state index contributed by atoms with van der Waals surface area (Å²) >= 11 is 0. The van der Waals surface area contributed by atoms with Crippen LogP contribution in [0.15, 0.2) is 0 Å². The van der Waals surface area contributed by atoms with Crippen LogP contribution in [0.4, 0.5) is 18.0 Å². The fraction of sp³-hybridized carbons (Fsp3) is 0.750. The summed E-state index contributed by atoms with van der Waals surface area (Å²) in [6.45, 7) is -1.31. The zero-order valence-electron chi connectivity index (χ0n) is 5.77. The van der Waals surface area contributed by atoms with E-state index in [9.17, 15) is 18.0 Å². The molecule has 0 aliphatic heterocycles. The second-order valence-corrected chi connectivity index (χ2v) is 1.92. The second-order valence-electron chi connectivity index (χ2n) is 1.92. The monoisotopic (exact) mass is 171 g/mol. The highest BCUT2D eigenvalue weighted by molar-refractivity contribution is 5.73. The van der Waals surface area contributed by atoms with Gasteiger partial charge in [-0.2, -0.15) is 13.2 Å². The maximum atomic E-state index is 11.5. The van der Waals surface area contributed by atoms with Gasteiger partial charge < -0.3 is 4.90 Å². The number of carbonyl (C=O) groups excluding carboxylic acids is 1. The molecule has 0 unspecified atom stereocenters. The van der Waals surface area contributed by atoms with Crippen molar-refractivity contribution in [3.8, 4) is 0 Å². The number of hydrogen-bond donors (Lipinski definition) is 2. The van der Waals surface area contributed by atoms with Gasteiger partial charge >= 0.3 is 12.2 Å². The summed E-state index contributed by atoms with van der Waals surface area (Å²) in [4.78, 5) is 10.8. The maximum Gasteiger partial charge on any atom is 0.406 e. The Morgan fingerprint density at radius 2 is 2.09 bits per heavy atom. The molecule has 2 amide bonds. The number of carbonyl (C=O) groups is 1. The van der Waals surface area contributed by atoms with Gasteiger partial charge in [0, 0.05) is 7.05 Å². The molecule has 0 bridgehead atoms. The zero-order chi connectivity index (χ0) is 9.07. The first-order valence-corrected chi connectivity index (χ1v) is 2.65. The normalized spacial score (nSPS) is 11.0. The Bertz CT molecular complexity index is 146. The molecule has 3 N–H and O–H groups in total. The van der Waals surface area contributed by atoms with Crippen LogP contribution >= 0.6 is 0 Å². The summed E-state index contributed by atoms with van der Waals surface area (Å²) in [6.07, 6.45) is -4.39. The Morgan fingerprint density at radius 3 is 2.36 bits per heavy atom. The lowest BCUT2D eigenvalue weighted by atomic mass is 10.6. The Kier molecular flexibility index (Phi) is 3.12. The summed E-state index contributed by atoms with van der Waals surface area (Å²) in [6, 6.07) is -0.970. The fourth-order valence-corrected chi connectivity index (χ4v) is 0.451. The van der Waals surface area contributed by atoms with Gasteiger partial charge in [0.05, 0.1) is 0 Å². The largest absolute Gasteiger partial charge is 0.406 e. The van der Waals surface area contributed by atoms with Crippen LogP contribution < -0.4 is 11.3 Å². The SMILES string of the molecule is CN(CC(F)(F)F)C(=O)NN. The minimum atomic E-state index is -4.39. The fourth-order valence-electron chi connectivity index (χ4n) is 0.451. The maximum absolute atomic E-state index is 11.5. The van der Waals surface area contributed by atoms with Crippen molar-refractivity contribution in [2.45, 2.75) is 6.18 Å². The van der Waals surface area contributed by atoms with Crippen molar-refractivity contribution in [2.75, 3.05) is 13.6 Å². The summed E-state index contributed by atoms with van der Waals surface area (Å²) < 4.78 is 34.6. The summed E-state index contributed by atoms with van der Waals surface area (Å²) in [5.74, 6) is 4.58. The van der Waals surface area contributed by atoms with E-state index >= 15 is 0 Å². The molecule has 0 fully saturated rings. The second kappa shape index (κ2) is 3.42. The molecule has 0 saturated carbocycles. The van der Waals surface area contributed by atoms with E-state index in [0.717, 1.165) is 7.05 Å². The molecular weight excluding hydrogens is 163 g/mol. The highest BCUT2D eigenvalue weighted by atomic mass is 19.4. The molecule has 0 aromatic carbocycles. The molecule has 0 aromatic heterocycles. The number of nitrogens with zero attached hydrogens (tertiary/aromatic N) is 1. The lowest BCUT2D eigenvalue weighted by Crippen LogP contribution is -2.44. The number of alkyl halides is 3. The van der Waals surface area contributed by atoms with Gasteiger partial charge in [0.2, 0.25) is 0 Å². The van der Waals surface area contributed by atoms with E-state index < -0.39 is 18.8 Å². The van der Waals surface area contributed by atoms with Crippen LogP contribution in [-0.4, -0.2) is 30.7 Å². The Labute approximate surface area is 61.1 Å². The minimum absolute atomic E-state index is 0.431. The van der Waals surface area contributed by atoms with E-state index in [-0.39, 0.29) is 0 Å². The van der Waals surface area contributed by atoms with Gasteiger partial charge in [0.1, 0.15) is 6.54 Å². The summed E-state index contributed by atoms with van der Waals surface area (Å²) in [7, 11) is 0.996. The molecule has 0 spiro atoms. The number of urea groups is 1. The van der Waals surface area contributed by atoms with E-state index in [1.165, 1.54) is 0 Å². The predicted molar refractivity (Wildman–Crippen MR) is 31.4 cm³/mol. The molecule has 7 heteroatoms. The molecule has 0 aliphatic carbocycles. The first kappa shape index (κ1) is 10.0. The Morgan fingerprint density at radius 1 is 1.64 bits per heavy atom. The van der Waals surface area contributed by atoms with Gasteiger partial charge in [-0.3, -0.25) is 5.43 Å². The van der Waals surface area contributed by atoms with E-state index in [4.69, 9.17) is 0 Å². The Balaban J connectivity index is 3.87. The average Bonchev–Trinajstić information content (AvgIpc) is 1.82. The van der Waals surface area contributed by atoms with Crippen molar-refractivity contribution in [3.63, 3.8) is 0 Å². The first-order valence-electron chi connectivity index (χ1n) is 2.65. The molecule has 0 atom stereocenters. The van der Waals surface area contributed by atoms with Gasteiger partial charge in [-0.1, -0.05) is 0 Å². The van der Waals surface area contributed by atoms with Gasteiger partial charge in [0.25, 0.3) is 0 Å². The van der Waals surface area contributed by atoms with Crippen LogP contribution in [0.1, 0.15) is 0 Å². The molecule has 0 saturated heterocycles. The molecule has 0 radical (unpaired) electrons. The quantitative estimate of drug-likeness (QED) is 0.333. The van der Waals surface area contributed by atoms with Crippen molar-refractivity contribution in [1.29, 1.82) is 0 Å². The van der Waals surface area contributed by atoms with Crippen LogP contribution in [-0.2, 0) is 0 Å². The van der Waals surface area contributed by atoms with Crippen LogP contribution in [0.2, 0.25) is 0 Å². The van der Waals surface area contributed by atoms with Crippen molar-refractivity contribution in [2.24, 2.45) is 5.84 Å². The van der Waals surface area contributed by atoms with Gasteiger partial charge in [0.15, 0.2) is 0 Å². The number of halogens is 3. The van der Waals surface area contributed by atoms with E-state index in [0.29, 0.717) is 4.90 Å². The zero-order valence-corrected chi connectivity index (χ0v) is 5.77. The minimum Gasteiger partial charge on any atom is -0.318 e. The number of hydrogen-bond acceptors (Lipinski definition) is 2. The van der Waals surface area contributed by atoms with Crippen LogP contribution in [0, 0.1) is 0 Å². The molecule has 66 valence electrons. The van der Waals surface area contributed by atoms with Crippen molar-refractivity contribution >= 4 is 6.03 Å². The smallest absolute Gasteiger partial charge is 0.318 e. The third kappa shape index (κ3) is 4.43. The van der Waals surface area contributed by atoms with E-state index in [2.05, 4.69) is 5.84 Å². The molecule has 0 heterocycles. The number of rotatable bonds is 1. The average molecular weight is 171 g/mol. The van der Waals surface area contributed by atoms with E-state index in [1.807, 2.05) is 0 Å². The lowest BCUT2D eigenvalue weighted by molar-refractivity contribution is -0.137. The number of nitrogens with one attached hydrogen (secondary N) is 1. The van der Waals surface area contributed by atoms with Crippen molar-refractivity contribution < 1.29 is 18.0 Å². The van der Waals surface area contributed by atoms with Gasteiger partial charge in [-0.05, 0) is 0 Å². The molecule has 11 heavy (non-hydrogen) atoms. The van der Waals surface area contributed by atoms with Crippen LogP contribution in [0.3, 0.4) is 0 Å². The van der Waals surface area contributed by atoms with Gasteiger partial charge in [-0.25, -0.2) is 10.6 Å². The Hall–Kier alpha value is -0.980. The summed E-state index contributed by atoms with van der Waals surface area (Å²) in [5, 5.41) is 0. The highest BCUT2D eigenvalue weighted by Gasteiger charge is 2.30. The van der Waals surface area contributed by atoms with Gasteiger partial charge in [-0.15, -0.1) is 0 Å². The summed E-state index contributed by atoms with van der Waals surface area (Å²) in [5.41, 5.74) is 1.57. The third-order valence-electron chi connectivity index (χ3n) is 0.887. The van der Waals surface area contributed by atoms with Crippen molar-refractivity contribution in [3.05, 3.63) is 0 Å². The molecule has 0 rings (SSSR count). The highest BCUT2D eigenvalue weighted by Crippen LogP contribution is 2.15. The van der Waals surface area contributed by atoms with Crippen LogP contribution in [0.25, 0.3) is 0 Å². The van der Waals surface area contributed by atoms with Crippen molar-refractivity contribution in [1.82, 2.24) is 10.3 Å². The molecular formula is C4H8F3N3O. The molecule has 0 aromatic rings. The molecule has 4 nitrogen and oxygen atoms in total. The molecule has 0 aliphatic rings. The number of amides is 2. The first-order chi connectivity index (χ1) is 4.87. The standard InChI is InChI=1S/C4H8F3N3O/c1-10(3(11)9-8)2-4(5,6)7/h2,8H2,1H3,(H,9,11). The topological polar surface area (TPSA) is 58.4 Å². The van der Waals surface area contributed by atoms with E-state index in [1.54, 1.807) is 5.43 Å². The van der Waals surface area contributed by atoms with Crippen LogP contribution in [0.5, 0.6) is 0 Å². The number of nitrogens with two attached hydrogens (primary N) is 1. The lowest BCUT2D eigenvalue weighted by Gasteiger charge is -2.17. The number of hydrazine groups is 1. The predicted octanol–water partition coefficient (Wildman–Crippen LogP) is 0.0638.